The van der Waals surface area contributed by atoms with Gasteiger partial charge in [-0.1, -0.05) is 24.2 Å². The van der Waals surface area contributed by atoms with Crippen molar-refractivity contribution in [1.29, 1.82) is 0 Å². The van der Waals surface area contributed by atoms with Crippen LogP contribution in [0, 0.1) is 5.82 Å². The van der Waals surface area contributed by atoms with Gasteiger partial charge >= 0.3 is 11.9 Å². The number of hydrogen-bond donors (Lipinski definition) is 1. The van der Waals surface area contributed by atoms with Crippen molar-refractivity contribution in [2.75, 3.05) is 14.2 Å². The summed E-state index contributed by atoms with van der Waals surface area (Å²) in [6.45, 7) is 3.73. The number of halogens is 2. The number of benzene rings is 1. The Morgan fingerprint density at radius 1 is 1.32 bits per heavy atom. The van der Waals surface area contributed by atoms with E-state index < -0.39 is 23.8 Å². The van der Waals surface area contributed by atoms with E-state index in [1.807, 2.05) is 0 Å². The van der Waals surface area contributed by atoms with Crippen molar-refractivity contribution in [2.24, 2.45) is 4.99 Å². The fraction of sp³-hybridized carbons (Fsp3) is 0.238. The van der Waals surface area contributed by atoms with Crippen LogP contribution in [0.15, 0.2) is 58.2 Å². The quantitative estimate of drug-likeness (QED) is 0.493. The molecule has 3 rings (SSSR count). The monoisotopic (exact) mass is 463 g/mol. The first kappa shape index (κ1) is 22.6. The Hall–Kier alpha value is -3.04. The number of thiazole rings is 1. The minimum Gasteiger partial charge on any atom is -0.466 e. The van der Waals surface area contributed by atoms with Gasteiger partial charge in [-0.15, -0.1) is 11.3 Å². The molecule has 10 heteroatoms. The highest BCUT2D eigenvalue weighted by Gasteiger charge is 2.33. The van der Waals surface area contributed by atoms with E-state index in [2.05, 4.69) is 21.9 Å². The van der Waals surface area contributed by atoms with Gasteiger partial charge in [-0.25, -0.2) is 19.0 Å². The van der Waals surface area contributed by atoms with Crippen molar-refractivity contribution >= 4 is 40.7 Å². The number of ether oxygens (including phenoxy) is 2. The lowest BCUT2D eigenvalue weighted by Crippen LogP contribution is -2.34. The molecule has 1 aliphatic heterocycles. The molecule has 1 N–H and O–H groups in total. The lowest BCUT2D eigenvalue weighted by atomic mass is 9.93. The number of carbonyl (C=O) groups excluding carboxylic acids is 2. The van der Waals surface area contributed by atoms with Crippen LogP contribution in [0.3, 0.4) is 0 Å². The Bertz CT molecular complexity index is 1080. The van der Waals surface area contributed by atoms with Crippen LogP contribution < -0.4 is 5.32 Å². The standard InChI is InChI=1S/C21H19ClFN3O4S/c1-11(20(27)29-2)4-7-15-16(21(28)30-3)17(13-6-5-12(23)10-14(13)22)26-18(25-15)19-24-8-9-31-19/h5-6,8-10,17H,1,4,7H2,2-3H3,(H,25,26). The van der Waals surface area contributed by atoms with Gasteiger partial charge in [-0.2, -0.15) is 0 Å². The number of nitrogens with one attached hydrogen (secondary N) is 1. The Labute approximate surface area is 187 Å². The highest BCUT2D eigenvalue weighted by Crippen LogP contribution is 2.37. The summed E-state index contributed by atoms with van der Waals surface area (Å²) >= 11 is 7.65. The van der Waals surface area contributed by atoms with Crippen molar-refractivity contribution in [3.05, 3.63) is 74.6 Å². The fourth-order valence-electron chi connectivity index (χ4n) is 3.06. The molecule has 31 heavy (non-hydrogen) atoms. The van der Waals surface area contributed by atoms with Crippen LogP contribution in [-0.4, -0.2) is 37.0 Å². The Kier molecular flexibility index (Phi) is 7.19. The van der Waals surface area contributed by atoms with E-state index in [4.69, 9.17) is 21.1 Å². The molecule has 0 amide bonds. The summed E-state index contributed by atoms with van der Waals surface area (Å²) in [6.07, 6.45) is 2.10. The third-order valence-electron chi connectivity index (χ3n) is 4.57. The van der Waals surface area contributed by atoms with Gasteiger partial charge in [-0.05, 0) is 25.0 Å². The second-order valence-electron chi connectivity index (χ2n) is 6.49. The summed E-state index contributed by atoms with van der Waals surface area (Å²) in [5, 5.41) is 5.63. The molecule has 1 aliphatic rings. The van der Waals surface area contributed by atoms with Gasteiger partial charge in [-0.3, -0.25) is 4.99 Å². The zero-order chi connectivity index (χ0) is 22.5. The zero-order valence-electron chi connectivity index (χ0n) is 16.8. The normalized spacial score (nSPS) is 15.7. The summed E-state index contributed by atoms with van der Waals surface area (Å²) in [7, 11) is 2.52. The number of hydrogen-bond acceptors (Lipinski definition) is 8. The summed E-state index contributed by atoms with van der Waals surface area (Å²) in [5.41, 5.74) is 1.36. The van der Waals surface area contributed by atoms with Crippen molar-refractivity contribution < 1.29 is 23.5 Å². The lowest BCUT2D eigenvalue weighted by Gasteiger charge is -2.27. The van der Waals surface area contributed by atoms with Gasteiger partial charge < -0.3 is 14.8 Å². The summed E-state index contributed by atoms with van der Waals surface area (Å²) in [5.74, 6) is -1.25. The predicted molar refractivity (Wildman–Crippen MR) is 115 cm³/mol. The Morgan fingerprint density at radius 3 is 2.71 bits per heavy atom. The Morgan fingerprint density at radius 2 is 2.10 bits per heavy atom. The SMILES string of the molecule is C=C(CCC1=C(C(=O)OC)C(c2ccc(F)cc2Cl)N=C(c2nccs2)N1)C(=O)OC. The highest BCUT2D eigenvalue weighted by atomic mass is 35.5. The fourth-order valence-corrected chi connectivity index (χ4v) is 3.92. The number of rotatable bonds is 7. The van der Waals surface area contributed by atoms with Crippen LogP contribution >= 0.6 is 22.9 Å². The maximum absolute atomic E-state index is 13.6. The minimum absolute atomic E-state index is 0.119. The number of allylic oxidation sites excluding steroid dienone is 1. The number of carbonyl (C=O) groups is 2. The third-order valence-corrected chi connectivity index (χ3v) is 5.68. The van der Waals surface area contributed by atoms with Crippen molar-refractivity contribution in [2.45, 2.75) is 18.9 Å². The minimum atomic E-state index is -0.859. The molecule has 0 radical (unpaired) electrons. The van der Waals surface area contributed by atoms with E-state index >= 15 is 0 Å². The molecule has 0 fully saturated rings. The number of esters is 2. The van der Waals surface area contributed by atoms with E-state index in [0.29, 0.717) is 22.1 Å². The van der Waals surface area contributed by atoms with Gasteiger partial charge in [0.2, 0.25) is 0 Å². The number of aromatic nitrogens is 1. The van der Waals surface area contributed by atoms with E-state index in [1.54, 1.807) is 11.6 Å². The molecule has 1 unspecified atom stereocenters. The second kappa shape index (κ2) is 9.84. The number of amidine groups is 1. The van der Waals surface area contributed by atoms with Crippen LogP contribution in [0.5, 0.6) is 0 Å². The maximum atomic E-state index is 13.6. The molecule has 0 bridgehead atoms. The zero-order valence-corrected chi connectivity index (χ0v) is 18.3. The number of methoxy groups -OCH3 is 2. The highest BCUT2D eigenvalue weighted by molar-refractivity contribution is 7.11. The van der Waals surface area contributed by atoms with Crippen LogP contribution in [-0.2, 0) is 19.1 Å². The van der Waals surface area contributed by atoms with Gasteiger partial charge in [0.1, 0.15) is 11.9 Å². The molecule has 7 nitrogen and oxygen atoms in total. The smallest absolute Gasteiger partial charge is 0.338 e. The molecule has 0 aliphatic carbocycles. The third kappa shape index (κ3) is 5.00. The largest absolute Gasteiger partial charge is 0.466 e. The molecule has 2 heterocycles. The van der Waals surface area contributed by atoms with Crippen LogP contribution in [0.1, 0.15) is 29.5 Å². The first-order chi connectivity index (χ1) is 14.8. The predicted octanol–water partition coefficient (Wildman–Crippen LogP) is 3.96. The van der Waals surface area contributed by atoms with Crippen LogP contribution in [0.4, 0.5) is 4.39 Å². The van der Waals surface area contributed by atoms with Gasteiger partial charge in [0, 0.05) is 33.4 Å². The molecular weight excluding hydrogens is 445 g/mol. The average molecular weight is 464 g/mol. The van der Waals surface area contributed by atoms with Crippen molar-refractivity contribution in [1.82, 2.24) is 10.3 Å². The first-order valence-corrected chi connectivity index (χ1v) is 10.4. The van der Waals surface area contributed by atoms with E-state index in [0.717, 1.165) is 6.07 Å². The van der Waals surface area contributed by atoms with Crippen molar-refractivity contribution in [3.63, 3.8) is 0 Å². The molecule has 0 spiro atoms. The molecule has 1 aromatic carbocycles. The topological polar surface area (TPSA) is 89.9 Å². The molecule has 2 aromatic rings. The van der Waals surface area contributed by atoms with E-state index in [-0.39, 0.29) is 29.0 Å². The van der Waals surface area contributed by atoms with Crippen molar-refractivity contribution in [3.8, 4) is 0 Å². The van der Waals surface area contributed by atoms with E-state index in [1.165, 1.54) is 37.7 Å². The van der Waals surface area contributed by atoms with Gasteiger partial charge in [0.15, 0.2) is 10.8 Å². The summed E-state index contributed by atoms with van der Waals surface area (Å²) in [6, 6.07) is 3.02. The molecule has 162 valence electrons. The summed E-state index contributed by atoms with van der Waals surface area (Å²) in [4.78, 5) is 33.4. The van der Waals surface area contributed by atoms with E-state index in [9.17, 15) is 14.0 Å². The summed E-state index contributed by atoms with van der Waals surface area (Å²) < 4.78 is 23.3. The molecule has 0 saturated carbocycles. The second-order valence-corrected chi connectivity index (χ2v) is 7.79. The molecule has 1 aromatic heterocycles. The van der Waals surface area contributed by atoms with Crippen LogP contribution in [0.2, 0.25) is 5.02 Å². The van der Waals surface area contributed by atoms with Gasteiger partial charge in [0.05, 0.1) is 19.8 Å². The Balaban J connectivity index is 2.10. The molecular formula is C21H19ClFN3O4S. The molecule has 0 saturated heterocycles. The van der Waals surface area contributed by atoms with Crippen LogP contribution in [0.25, 0.3) is 0 Å². The average Bonchev–Trinajstić information content (AvgIpc) is 3.30. The maximum Gasteiger partial charge on any atom is 0.338 e. The molecule has 1 atom stereocenters. The number of aliphatic imine (C=N–C) groups is 1. The lowest BCUT2D eigenvalue weighted by molar-refractivity contribution is -0.137. The van der Waals surface area contributed by atoms with Gasteiger partial charge in [0.25, 0.3) is 0 Å². The first-order valence-electron chi connectivity index (χ1n) is 9.12. The number of nitrogens with zero attached hydrogens (tertiary/aromatic N) is 2.